The van der Waals surface area contributed by atoms with Crippen molar-refractivity contribution in [1.29, 1.82) is 0 Å². The first-order valence-electron chi connectivity index (χ1n) is 6.52. The lowest BCUT2D eigenvalue weighted by Gasteiger charge is -2.14. The molecule has 0 atom stereocenters. The second-order valence-electron chi connectivity index (χ2n) is 4.84. The molecule has 1 amide bonds. The van der Waals surface area contributed by atoms with E-state index in [4.69, 9.17) is 51.5 Å². The number of alkyl halides is 3. The van der Waals surface area contributed by atoms with Gasteiger partial charge in [-0.25, -0.2) is 4.79 Å². The Kier molecular flexibility index (Phi) is 9.45. The SMILES string of the molecule is C=C(C)C(=O)N(C)C.O=C(O)C(=C(Cl)c1ccccc1)C(Cl)(Cl)Cl. The second kappa shape index (κ2) is 9.94. The van der Waals surface area contributed by atoms with Gasteiger partial charge < -0.3 is 10.0 Å². The Balaban J connectivity index is 0.000000561. The van der Waals surface area contributed by atoms with Gasteiger partial charge in [-0.1, -0.05) is 83.3 Å². The monoisotopic (exact) mass is 411 g/mol. The summed E-state index contributed by atoms with van der Waals surface area (Å²) in [6.45, 7) is 5.18. The van der Waals surface area contributed by atoms with E-state index in [0.29, 0.717) is 11.1 Å². The van der Waals surface area contributed by atoms with Gasteiger partial charge >= 0.3 is 5.97 Å². The average Bonchev–Trinajstić information content (AvgIpc) is 2.45. The molecule has 0 aliphatic carbocycles. The Morgan fingerprint density at radius 2 is 1.58 bits per heavy atom. The highest BCUT2D eigenvalue weighted by atomic mass is 35.6. The number of halogens is 4. The average molecular weight is 413 g/mol. The van der Waals surface area contributed by atoms with E-state index in [0.717, 1.165) is 0 Å². The quantitative estimate of drug-likeness (QED) is 0.576. The van der Waals surface area contributed by atoms with Crippen LogP contribution < -0.4 is 0 Å². The van der Waals surface area contributed by atoms with Gasteiger partial charge in [-0.2, -0.15) is 0 Å². The standard InChI is InChI=1S/C10H6Cl4O2.C6H11NO/c11-8(6-4-2-1-3-5-6)7(9(15)16)10(12,13)14;1-5(2)6(8)7(3)4/h1-5H,(H,15,16);1H2,2-4H3. The molecule has 0 saturated carbocycles. The summed E-state index contributed by atoms with van der Waals surface area (Å²) in [5.74, 6) is -1.38. The van der Waals surface area contributed by atoms with Crippen molar-refractivity contribution in [3.8, 4) is 0 Å². The van der Waals surface area contributed by atoms with E-state index in [-0.39, 0.29) is 10.9 Å². The predicted octanol–water partition coefficient (Wildman–Crippen LogP) is 4.74. The van der Waals surface area contributed by atoms with Gasteiger partial charge in [0.1, 0.15) is 5.57 Å². The fraction of sp³-hybridized carbons (Fsp3) is 0.250. The minimum Gasteiger partial charge on any atom is -0.478 e. The lowest BCUT2D eigenvalue weighted by molar-refractivity contribution is -0.132. The highest BCUT2D eigenvalue weighted by Gasteiger charge is 2.34. The third-order valence-corrected chi connectivity index (χ3v) is 3.49. The Bertz CT molecular complexity index is 634. The second-order valence-corrected chi connectivity index (χ2v) is 7.50. The first-order valence-corrected chi connectivity index (χ1v) is 8.03. The maximum atomic E-state index is 11.0. The van der Waals surface area contributed by atoms with E-state index in [1.807, 2.05) is 0 Å². The van der Waals surface area contributed by atoms with Crippen LogP contribution in [0.4, 0.5) is 0 Å². The number of amides is 1. The molecule has 0 heterocycles. The first-order chi connectivity index (χ1) is 10.9. The van der Waals surface area contributed by atoms with Crippen LogP contribution in [0.15, 0.2) is 48.1 Å². The van der Waals surface area contributed by atoms with E-state index in [9.17, 15) is 9.59 Å². The highest BCUT2D eigenvalue weighted by Crippen LogP contribution is 2.40. The van der Waals surface area contributed by atoms with Crippen LogP contribution >= 0.6 is 46.4 Å². The molecule has 0 aliphatic heterocycles. The van der Waals surface area contributed by atoms with Crippen LogP contribution in [0.5, 0.6) is 0 Å². The van der Waals surface area contributed by atoms with Crippen LogP contribution in [0.2, 0.25) is 0 Å². The molecule has 0 spiro atoms. The van der Waals surface area contributed by atoms with Crippen molar-refractivity contribution >= 4 is 63.3 Å². The minimum atomic E-state index is -2.07. The molecule has 4 nitrogen and oxygen atoms in total. The van der Waals surface area contributed by atoms with Crippen LogP contribution in [0.25, 0.3) is 5.03 Å². The van der Waals surface area contributed by atoms with Crippen molar-refractivity contribution in [3.63, 3.8) is 0 Å². The molecule has 0 fully saturated rings. The zero-order valence-corrected chi connectivity index (χ0v) is 16.3. The van der Waals surface area contributed by atoms with Crippen LogP contribution in [0.1, 0.15) is 12.5 Å². The molecule has 0 saturated heterocycles. The van der Waals surface area contributed by atoms with Crippen molar-refractivity contribution in [1.82, 2.24) is 4.90 Å². The van der Waals surface area contributed by atoms with Crippen LogP contribution in [0, 0.1) is 0 Å². The van der Waals surface area contributed by atoms with Crippen molar-refractivity contribution in [2.75, 3.05) is 14.1 Å². The van der Waals surface area contributed by atoms with Crippen molar-refractivity contribution in [3.05, 3.63) is 53.6 Å². The molecular formula is C16H17Cl4NO3. The lowest BCUT2D eigenvalue weighted by atomic mass is 10.1. The Morgan fingerprint density at radius 1 is 1.12 bits per heavy atom. The molecule has 1 aromatic rings. The smallest absolute Gasteiger partial charge is 0.337 e. The normalized spacial score (nSPS) is 11.6. The van der Waals surface area contributed by atoms with Gasteiger partial charge in [0.2, 0.25) is 9.70 Å². The molecule has 0 unspecified atom stereocenters. The Morgan fingerprint density at radius 3 is 1.83 bits per heavy atom. The van der Waals surface area contributed by atoms with Crippen LogP contribution in [0.3, 0.4) is 0 Å². The van der Waals surface area contributed by atoms with Gasteiger partial charge in [-0.3, -0.25) is 4.79 Å². The number of rotatable bonds is 3. The summed E-state index contributed by atoms with van der Waals surface area (Å²) >= 11 is 22.5. The zero-order valence-electron chi connectivity index (χ0n) is 13.3. The summed E-state index contributed by atoms with van der Waals surface area (Å²) in [6.07, 6.45) is 0. The summed E-state index contributed by atoms with van der Waals surface area (Å²) in [4.78, 5) is 23.1. The van der Waals surface area contributed by atoms with Gasteiger partial charge in [0.05, 0.1) is 5.03 Å². The van der Waals surface area contributed by atoms with Crippen molar-refractivity contribution < 1.29 is 14.7 Å². The molecule has 0 aliphatic rings. The maximum absolute atomic E-state index is 11.0. The van der Waals surface area contributed by atoms with E-state index in [1.165, 1.54) is 4.90 Å². The third-order valence-electron chi connectivity index (χ3n) is 2.52. The summed E-state index contributed by atoms with van der Waals surface area (Å²) < 4.78 is -2.07. The molecule has 132 valence electrons. The minimum absolute atomic E-state index is 0.00926. The van der Waals surface area contributed by atoms with Crippen molar-refractivity contribution in [2.24, 2.45) is 0 Å². The van der Waals surface area contributed by atoms with E-state index in [2.05, 4.69) is 6.58 Å². The number of carbonyl (C=O) groups is 2. The molecular weight excluding hydrogens is 396 g/mol. The van der Waals surface area contributed by atoms with E-state index >= 15 is 0 Å². The van der Waals surface area contributed by atoms with Gasteiger partial charge in [0.15, 0.2) is 0 Å². The Labute approximate surface area is 161 Å². The van der Waals surface area contributed by atoms with E-state index < -0.39 is 15.3 Å². The topological polar surface area (TPSA) is 57.6 Å². The first kappa shape index (κ1) is 22.8. The number of aliphatic carboxylic acids is 1. The molecule has 0 bridgehead atoms. The third kappa shape index (κ3) is 7.58. The molecule has 0 radical (unpaired) electrons. The summed E-state index contributed by atoms with van der Waals surface area (Å²) in [5.41, 5.74) is 0.591. The number of hydrogen-bond acceptors (Lipinski definition) is 2. The molecule has 1 rings (SSSR count). The number of carboxylic acids is 1. The molecule has 8 heteroatoms. The number of likely N-dealkylation sites (N-methyl/N-ethyl adjacent to an activating group) is 1. The van der Waals surface area contributed by atoms with Gasteiger partial charge in [0, 0.05) is 19.7 Å². The fourth-order valence-electron chi connectivity index (χ4n) is 1.45. The largest absolute Gasteiger partial charge is 0.478 e. The molecule has 0 aromatic heterocycles. The van der Waals surface area contributed by atoms with Crippen molar-refractivity contribution in [2.45, 2.75) is 10.7 Å². The molecule has 1 aromatic carbocycles. The molecule has 1 N–H and O–H groups in total. The van der Waals surface area contributed by atoms with Gasteiger partial charge in [-0.15, -0.1) is 0 Å². The van der Waals surface area contributed by atoms with E-state index in [1.54, 1.807) is 51.4 Å². The van der Waals surface area contributed by atoms with Crippen LogP contribution in [-0.2, 0) is 9.59 Å². The fourth-order valence-corrected chi connectivity index (χ4v) is 2.47. The number of nitrogens with zero attached hydrogens (tertiary/aromatic N) is 1. The van der Waals surface area contributed by atoms with Gasteiger partial charge in [0.25, 0.3) is 0 Å². The maximum Gasteiger partial charge on any atom is 0.337 e. The summed E-state index contributed by atoms with van der Waals surface area (Å²) in [6, 6.07) is 8.43. The zero-order chi connectivity index (χ0) is 19.1. The highest BCUT2D eigenvalue weighted by molar-refractivity contribution is 6.72. The number of carboxylic acid groups (broad SMARTS) is 1. The number of hydrogen-bond donors (Lipinski definition) is 1. The summed E-state index contributed by atoms with van der Waals surface area (Å²) in [5, 5.41) is 8.86. The van der Waals surface area contributed by atoms with Gasteiger partial charge in [-0.05, 0) is 12.5 Å². The van der Waals surface area contributed by atoms with Crippen LogP contribution in [-0.4, -0.2) is 39.8 Å². The molecule has 24 heavy (non-hydrogen) atoms. The summed E-state index contributed by atoms with van der Waals surface area (Å²) in [7, 11) is 3.41. The number of carbonyl (C=O) groups excluding carboxylic acids is 1. The predicted molar refractivity (Wildman–Crippen MR) is 101 cm³/mol. The number of benzene rings is 1. The Hall–Kier alpha value is -1.20. The lowest BCUT2D eigenvalue weighted by Crippen LogP contribution is -2.21.